The molecule has 0 unspecified atom stereocenters. The molecule has 0 aromatic heterocycles. The number of imide groups is 1. The average Bonchev–Trinajstić information content (AvgIpc) is 3.07. The van der Waals surface area contributed by atoms with Crippen LogP contribution in [0.5, 0.6) is 0 Å². The molecule has 2 aliphatic rings. The Morgan fingerprint density at radius 3 is 2.26 bits per heavy atom. The number of non-ortho nitro benzene ring substituents is 1. The largest absolute Gasteiger partial charge is 0.292 e. The van der Waals surface area contributed by atoms with Gasteiger partial charge in [0.2, 0.25) is 0 Å². The van der Waals surface area contributed by atoms with E-state index in [-0.39, 0.29) is 32.8 Å². The van der Waals surface area contributed by atoms with Crippen LogP contribution in [0, 0.1) is 27.9 Å². The maximum absolute atomic E-state index is 13.5. The summed E-state index contributed by atoms with van der Waals surface area (Å²) >= 11 is 12.0. The van der Waals surface area contributed by atoms with Gasteiger partial charge in [0.25, 0.3) is 23.4 Å². The van der Waals surface area contributed by atoms with E-state index in [0.717, 1.165) is 16.4 Å². The van der Waals surface area contributed by atoms with Crippen molar-refractivity contribution in [2.45, 2.75) is 26.2 Å². The van der Waals surface area contributed by atoms with Crippen LogP contribution in [-0.2, 0) is 9.59 Å². The van der Waals surface area contributed by atoms with E-state index in [9.17, 15) is 29.3 Å². The average molecular weight is 518 g/mol. The zero-order valence-corrected chi connectivity index (χ0v) is 20.2. The van der Waals surface area contributed by atoms with Gasteiger partial charge in [0, 0.05) is 23.3 Å². The van der Waals surface area contributed by atoms with Crippen molar-refractivity contribution < 1.29 is 24.1 Å². The number of fused-ring (bicyclic) bond motifs is 1. The van der Waals surface area contributed by atoms with Gasteiger partial charge in [-0.15, -0.1) is 0 Å². The highest BCUT2D eigenvalue weighted by Gasteiger charge is 2.52. The predicted octanol–water partition coefficient (Wildman–Crippen LogP) is 4.56. The number of ketones is 1. The minimum atomic E-state index is -0.771. The number of nitro benzene ring substituents is 1. The number of rotatable bonds is 6. The Morgan fingerprint density at radius 1 is 1.00 bits per heavy atom. The Balaban J connectivity index is 1.69. The first kappa shape index (κ1) is 24.8. The molecule has 0 bridgehead atoms. The van der Waals surface area contributed by atoms with Crippen LogP contribution in [0.3, 0.4) is 0 Å². The number of carbonyl (C=O) groups excluding carboxylic acids is 4. The molecule has 182 valence electrons. The molecule has 3 atom stereocenters. The van der Waals surface area contributed by atoms with Crippen molar-refractivity contribution in [3.8, 4) is 0 Å². The molecule has 9 nitrogen and oxygen atoms in total. The number of hydrogen-bond acceptors (Lipinski definition) is 6. The van der Waals surface area contributed by atoms with Gasteiger partial charge in [-0.2, -0.15) is 5.01 Å². The maximum Gasteiger partial charge on any atom is 0.273 e. The molecule has 0 N–H and O–H groups in total. The van der Waals surface area contributed by atoms with Crippen LogP contribution in [0.1, 0.15) is 46.9 Å². The summed E-state index contributed by atoms with van der Waals surface area (Å²) in [6.07, 6.45) is 1.84. The van der Waals surface area contributed by atoms with Gasteiger partial charge in [-0.3, -0.25) is 29.3 Å². The van der Waals surface area contributed by atoms with Crippen molar-refractivity contribution in [2.24, 2.45) is 17.8 Å². The molecule has 0 spiro atoms. The number of hydrogen-bond donors (Lipinski definition) is 0. The number of halogens is 2. The molecule has 0 radical (unpaired) electrons. The highest BCUT2D eigenvalue weighted by atomic mass is 35.5. The lowest BCUT2D eigenvalue weighted by Crippen LogP contribution is -2.52. The molecule has 1 heterocycles. The molecule has 1 aliphatic heterocycles. The number of nitro groups is 1. The molecular formula is C24H21Cl2N3O6. The first-order valence-electron chi connectivity index (χ1n) is 11.0. The quantitative estimate of drug-likeness (QED) is 0.240. The first-order chi connectivity index (χ1) is 16.6. The summed E-state index contributed by atoms with van der Waals surface area (Å²) < 4.78 is 0. The van der Waals surface area contributed by atoms with Crippen LogP contribution >= 0.6 is 23.2 Å². The predicted molar refractivity (Wildman–Crippen MR) is 127 cm³/mol. The topological polar surface area (TPSA) is 118 Å². The van der Waals surface area contributed by atoms with Gasteiger partial charge in [-0.05, 0) is 55.5 Å². The highest BCUT2D eigenvalue weighted by Crippen LogP contribution is 2.41. The van der Waals surface area contributed by atoms with Crippen LogP contribution < -0.4 is 0 Å². The minimum Gasteiger partial charge on any atom is -0.292 e. The van der Waals surface area contributed by atoms with Crippen LogP contribution in [0.2, 0.25) is 10.0 Å². The van der Waals surface area contributed by atoms with Gasteiger partial charge in [0.05, 0.1) is 26.8 Å². The fourth-order valence-electron chi connectivity index (χ4n) is 4.62. The van der Waals surface area contributed by atoms with Gasteiger partial charge in [-0.25, -0.2) is 5.01 Å². The number of amides is 3. The van der Waals surface area contributed by atoms with Crippen molar-refractivity contribution >= 4 is 52.4 Å². The second-order valence-electron chi connectivity index (χ2n) is 8.84. The second-order valence-corrected chi connectivity index (χ2v) is 9.65. The van der Waals surface area contributed by atoms with Crippen LogP contribution in [0.4, 0.5) is 5.69 Å². The molecule has 35 heavy (non-hydrogen) atoms. The lowest BCUT2D eigenvalue weighted by atomic mass is 9.76. The molecule has 11 heteroatoms. The summed E-state index contributed by atoms with van der Waals surface area (Å²) in [6, 6.07) is 8.95. The van der Waals surface area contributed by atoms with E-state index in [1.165, 1.54) is 42.5 Å². The standard InChI is InChI=1S/C24H21Cl2N3O6/c1-13-2-8-17-18(10-13)24(33)28(23(17)32)27(22(31)15-5-9-19(25)20(26)11-15)12-21(30)14-3-6-16(7-4-14)29(34)35/h3-7,9,11,13,17-18H,2,8,10,12H2,1H3/t13-,17-,18+/m1/s1. The van der Waals surface area contributed by atoms with Crippen molar-refractivity contribution in [3.05, 3.63) is 73.8 Å². The fraction of sp³-hybridized carbons (Fsp3) is 0.333. The normalized spacial score (nSPS) is 21.6. The zero-order chi connectivity index (χ0) is 25.4. The SMILES string of the molecule is C[C@@H]1CC[C@H]2C(=O)N(N(CC(=O)c3ccc([N+](=O)[O-])cc3)C(=O)c3ccc(Cl)c(Cl)c3)C(=O)[C@H]2C1. The van der Waals surface area contributed by atoms with E-state index in [1.54, 1.807) is 0 Å². The third-order valence-electron chi connectivity index (χ3n) is 6.50. The first-order valence-corrected chi connectivity index (χ1v) is 11.8. The molecule has 4 rings (SSSR count). The van der Waals surface area contributed by atoms with Crippen molar-refractivity contribution in [1.82, 2.24) is 10.0 Å². The summed E-state index contributed by atoms with van der Waals surface area (Å²) in [7, 11) is 0. The van der Waals surface area contributed by atoms with Crippen molar-refractivity contribution in [3.63, 3.8) is 0 Å². The third kappa shape index (κ3) is 4.78. The Kier molecular flexibility index (Phi) is 6.91. The van der Waals surface area contributed by atoms with Gasteiger partial charge < -0.3 is 0 Å². The van der Waals surface area contributed by atoms with E-state index in [1.807, 2.05) is 6.92 Å². The Labute approximate surface area is 210 Å². The molecule has 1 saturated heterocycles. The summed E-state index contributed by atoms with van der Waals surface area (Å²) in [5.74, 6) is -3.24. The number of carbonyl (C=O) groups is 4. The monoisotopic (exact) mass is 517 g/mol. The number of benzene rings is 2. The van der Waals surface area contributed by atoms with E-state index in [4.69, 9.17) is 23.2 Å². The van der Waals surface area contributed by atoms with Gasteiger partial charge in [0.1, 0.15) is 6.54 Å². The molecule has 2 aromatic rings. The smallest absolute Gasteiger partial charge is 0.273 e. The van der Waals surface area contributed by atoms with Gasteiger partial charge in [0.15, 0.2) is 5.78 Å². The van der Waals surface area contributed by atoms with Crippen LogP contribution in [0.25, 0.3) is 0 Å². The highest BCUT2D eigenvalue weighted by molar-refractivity contribution is 6.42. The molecule has 1 saturated carbocycles. The summed E-state index contributed by atoms with van der Waals surface area (Å²) in [6.45, 7) is 1.39. The molecule has 2 fully saturated rings. The second kappa shape index (κ2) is 9.75. The van der Waals surface area contributed by atoms with E-state index >= 15 is 0 Å². The lowest BCUT2D eigenvalue weighted by Gasteiger charge is -2.30. The number of Topliss-reactive ketones (excluding diaryl/α,β-unsaturated/α-hetero) is 1. The molecular weight excluding hydrogens is 497 g/mol. The Hall–Kier alpha value is -3.30. The Bertz CT molecular complexity index is 1230. The Morgan fingerprint density at radius 2 is 1.63 bits per heavy atom. The zero-order valence-electron chi connectivity index (χ0n) is 18.6. The van der Waals surface area contributed by atoms with Crippen LogP contribution in [-0.4, -0.2) is 45.0 Å². The number of nitrogens with zero attached hydrogens (tertiary/aromatic N) is 3. The lowest BCUT2D eigenvalue weighted by molar-refractivity contribution is -0.384. The van der Waals surface area contributed by atoms with Crippen molar-refractivity contribution in [2.75, 3.05) is 6.54 Å². The third-order valence-corrected chi connectivity index (χ3v) is 7.24. The summed E-state index contributed by atoms with van der Waals surface area (Å²) in [5, 5.41) is 12.9. The van der Waals surface area contributed by atoms with Crippen molar-refractivity contribution in [1.29, 1.82) is 0 Å². The molecule has 2 aromatic carbocycles. The van der Waals surface area contributed by atoms with E-state index in [0.29, 0.717) is 12.8 Å². The van der Waals surface area contributed by atoms with Gasteiger partial charge >= 0.3 is 0 Å². The fourth-order valence-corrected chi connectivity index (χ4v) is 4.92. The summed E-state index contributed by atoms with van der Waals surface area (Å²) in [4.78, 5) is 63.5. The molecule has 3 amide bonds. The van der Waals surface area contributed by atoms with E-state index < -0.39 is 46.8 Å². The van der Waals surface area contributed by atoms with Gasteiger partial charge in [-0.1, -0.05) is 30.1 Å². The van der Waals surface area contributed by atoms with E-state index in [2.05, 4.69) is 0 Å². The number of hydrazine groups is 1. The minimum absolute atomic E-state index is 0.0414. The van der Waals surface area contributed by atoms with Crippen LogP contribution in [0.15, 0.2) is 42.5 Å². The summed E-state index contributed by atoms with van der Waals surface area (Å²) in [5.41, 5.74) is -0.0687. The molecule has 1 aliphatic carbocycles. The maximum atomic E-state index is 13.5.